The van der Waals surface area contributed by atoms with Gasteiger partial charge >= 0.3 is 0 Å². The van der Waals surface area contributed by atoms with Crippen molar-refractivity contribution in [3.8, 4) is 0 Å². The number of nitrogens with zero attached hydrogens (tertiary/aromatic N) is 5. The zero-order valence-corrected chi connectivity index (χ0v) is 14.3. The van der Waals surface area contributed by atoms with Crippen LogP contribution in [-0.2, 0) is 6.54 Å². The number of fused-ring (bicyclic) bond motifs is 1. The third kappa shape index (κ3) is 3.41. The Bertz CT molecular complexity index is 891. The van der Waals surface area contributed by atoms with E-state index in [9.17, 15) is 4.79 Å². The molecule has 0 N–H and O–H groups in total. The number of hydrogen-bond donors (Lipinski definition) is 0. The number of aryl methyl sites for hydroxylation is 1. The van der Waals surface area contributed by atoms with Crippen LogP contribution in [0.3, 0.4) is 0 Å². The van der Waals surface area contributed by atoms with Crippen molar-refractivity contribution in [2.24, 2.45) is 0 Å². The molecule has 1 fully saturated rings. The third-order valence-corrected chi connectivity index (χ3v) is 4.55. The molecule has 1 saturated heterocycles. The first-order valence-corrected chi connectivity index (χ1v) is 8.57. The van der Waals surface area contributed by atoms with Gasteiger partial charge in [-0.1, -0.05) is 12.1 Å². The molecule has 1 aliphatic heterocycles. The maximum Gasteiger partial charge on any atom is 0.298 e. The highest BCUT2D eigenvalue weighted by Crippen LogP contribution is 2.22. The average Bonchev–Trinajstić information content (AvgIpc) is 3.07. The maximum atomic E-state index is 11.8. The fourth-order valence-electron chi connectivity index (χ4n) is 3.11. The Morgan fingerprint density at radius 1 is 1.04 bits per heavy atom. The van der Waals surface area contributed by atoms with Crippen molar-refractivity contribution in [3.63, 3.8) is 0 Å². The van der Waals surface area contributed by atoms with Crippen molar-refractivity contribution < 1.29 is 4.42 Å². The van der Waals surface area contributed by atoms with E-state index in [-0.39, 0.29) is 5.56 Å². The van der Waals surface area contributed by atoms with Gasteiger partial charge in [0.15, 0.2) is 5.58 Å². The van der Waals surface area contributed by atoms with Crippen LogP contribution in [0.1, 0.15) is 5.69 Å². The van der Waals surface area contributed by atoms with Gasteiger partial charge in [-0.25, -0.2) is 4.68 Å². The molecule has 0 amide bonds. The normalized spacial score (nSPS) is 15.8. The van der Waals surface area contributed by atoms with Gasteiger partial charge < -0.3 is 9.32 Å². The van der Waals surface area contributed by atoms with Crippen molar-refractivity contribution in [2.75, 3.05) is 37.6 Å². The Kier molecular flexibility index (Phi) is 4.23. The lowest BCUT2D eigenvalue weighted by Crippen LogP contribution is -2.47. The quantitative estimate of drug-likeness (QED) is 0.718. The largest absolute Gasteiger partial charge is 0.423 e. The molecule has 0 atom stereocenters. The molecule has 0 radical (unpaired) electrons. The summed E-state index contributed by atoms with van der Waals surface area (Å²) < 4.78 is 7.39. The molecule has 7 heteroatoms. The molecule has 25 heavy (non-hydrogen) atoms. The molecule has 4 rings (SSSR count). The smallest absolute Gasteiger partial charge is 0.298 e. The van der Waals surface area contributed by atoms with Crippen LogP contribution in [0.2, 0.25) is 0 Å². The number of hydrogen-bond acceptors (Lipinski definition) is 6. The molecule has 0 spiro atoms. The van der Waals surface area contributed by atoms with Crippen LogP contribution < -0.4 is 10.5 Å². The summed E-state index contributed by atoms with van der Waals surface area (Å²) in [6, 6.07) is 11.8. The summed E-state index contributed by atoms with van der Waals surface area (Å²) in [5.74, 6) is 0. The molecule has 3 aromatic rings. The summed E-state index contributed by atoms with van der Waals surface area (Å²) in [5.41, 5.74) is 2.53. The number of aromatic nitrogens is 3. The van der Waals surface area contributed by atoms with Gasteiger partial charge in [0.2, 0.25) is 0 Å². The Balaban J connectivity index is 1.35. The van der Waals surface area contributed by atoms with Crippen LogP contribution in [0, 0.1) is 6.92 Å². The lowest BCUT2D eigenvalue weighted by atomic mass is 10.3. The van der Waals surface area contributed by atoms with Crippen molar-refractivity contribution in [3.05, 3.63) is 52.4 Å². The van der Waals surface area contributed by atoms with Crippen LogP contribution in [0.5, 0.6) is 0 Å². The molecule has 1 aromatic carbocycles. The lowest BCUT2D eigenvalue weighted by molar-refractivity contribution is 0.239. The average molecular weight is 339 g/mol. The second-order valence-electron chi connectivity index (χ2n) is 6.33. The highest BCUT2D eigenvalue weighted by Gasteiger charge is 2.21. The van der Waals surface area contributed by atoms with Gasteiger partial charge in [0.25, 0.3) is 11.6 Å². The van der Waals surface area contributed by atoms with Crippen LogP contribution in [-0.4, -0.2) is 52.4 Å². The van der Waals surface area contributed by atoms with Gasteiger partial charge in [-0.05, 0) is 25.1 Å². The lowest BCUT2D eigenvalue weighted by Gasteiger charge is -2.33. The van der Waals surface area contributed by atoms with Gasteiger partial charge in [0.05, 0.1) is 12.2 Å². The van der Waals surface area contributed by atoms with Crippen molar-refractivity contribution in [1.82, 2.24) is 19.7 Å². The summed E-state index contributed by atoms with van der Waals surface area (Å²) in [6.45, 7) is 6.89. The molecule has 2 aromatic heterocycles. The van der Waals surface area contributed by atoms with E-state index in [0.29, 0.717) is 12.6 Å². The number of oxazole rings is 1. The number of rotatable bonds is 4. The predicted octanol–water partition coefficient (Wildman–Crippen LogP) is 1.52. The number of benzene rings is 1. The van der Waals surface area contributed by atoms with Crippen LogP contribution >= 0.6 is 0 Å². The second-order valence-corrected chi connectivity index (χ2v) is 6.33. The zero-order chi connectivity index (χ0) is 17.2. The SMILES string of the molecule is Cc1ccc(=O)n(CCN2CCN(c3nc4ccccc4o3)CC2)n1. The monoisotopic (exact) mass is 339 g/mol. The Labute approximate surface area is 145 Å². The van der Waals surface area contributed by atoms with Gasteiger partial charge in [-0.3, -0.25) is 9.69 Å². The summed E-state index contributed by atoms with van der Waals surface area (Å²) in [6.07, 6.45) is 0. The van der Waals surface area contributed by atoms with E-state index >= 15 is 0 Å². The van der Waals surface area contributed by atoms with E-state index in [4.69, 9.17) is 4.42 Å². The number of para-hydroxylation sites is 2. The molecule has 7 nitrogen and oxygen atoms in total. The van der Waals surface area contributed by atoms with E-state index in [2.05, 4.69) is 19.9 Å². The minimum absolute atomic E-state index is 0.0456. The van der Waals surface area contributed by atoms with Gasteiger partial charge in [0.1, 0.15) is 5.52 Å². The van der Waals surface area contributed by atoms with Crippen LogP contribution in [0.25, 0.3) is 11.1 Å². The molecule has 0 unspecified atom stereocenters. The molecular formula is C18H21N5O2. The Morgan fingerprint density at radius 2 is 1.84 bits per heavy atom. The summed E-state index contributed by atoms with van der Waals surface area (Å²) in [5, 5.41) is 4.29. The first-order chi connectivity index (χ1) is 12.2. The van der Waals surface area contributed by atoms with Crippen molar-refractivity contribution in [2.45, 2.75) is 13.5 Å². The van der Waals surface area contributed by atoms with Crippen LogP contribution in [0.15, 0.2) is 45.6 Å². The summed E-state index contributed by atoms with van der Waals surface area (Å²) in [4.78, 5) is 20.9. The molecule has 0 aliphatic carbocycles. The van der Waals surface area contributed by atoms with E-state index < -0.39 is 0 Å². The molecule has 3 heterocycles. The minimum Gasteiger partial charge on any atom is -0.423 e. The van der Waals surface area contributed by atoms with Crippen LogP contribution in [0.4, 0.5) is 6.01 Å². The highest BCUT2D eigenvalue weighted by molar-refractivity contribution is 5.74. The first-order valence-electron chi connectivity index (χ1n) is 8.57. The topological polar surface area (TPSA) is 67.4 Å². The van der Waals surface area contributed by atoms with E-state index in [0.717, 1.165) is 49.5 Å². The van der Waals surface area contributed by atoms with Crippen molar-refractivity contribution in [1.29, 1.82) is 0 Å². The van der Waals surface area contributed by atoms with Gasteiger partial charge in [0, 0.05) is 38.8 Å². The third-order valence-electron chi connectivity index (χ3n) is 4.55. The van der Waals surface area contributed by atoms with Gasteiger partial charge in [-0.15, -0.1) is 0 Å². The van der Waals surface area contributed by atoms with E-state index in [1.165, 1.54) is 0 Å². The van der Waals surface area contributed by atoms with E-state index in [1.54, 1.807) is 16.8 Å². The maximum absolute atomic E-state index is 11.8. The zero-order valence-electron chi connectivity index (χ0n) is 14.3. The molecule has 1 aliphatic rings. The highest BCUT2D eigenvalue weighted by atomic mass is 16.4. The fourth-order valence-corrected chi connectivity index (χ4v) is 3.11. The standard InChI is InChI=1S/C18H21N5O2/c1-14-6-7-17(24)23(20-14)13-10-21-8-11-22(12-9-21)18-19-15-4-2-3-5-16(15)25-18/h2-7H,8-13H2,1H3. The predicted molar refractivity (Wildman–Crippen MR) is 95.9 cm³/mol. The number of piperazine rings is 1. The number of anilines is 1. The van der Waals surface area contributed by atoms with E-state index in [1.807, 2.05) is 31.2 Å². The fraction of sp³-hybridized carbons (Fsp3) is 0.389. The summed E-state index contributed by atoms with van der Waals surface area (Å²) in [7, 11) is 0. The molecule has 0 saturated carbocycles. The molecule has 130 valence electrons. The molecule has 0 bridgehead atoms. The Morgan fingerprint density at radius 3 is 2.64 bits per heavy atom. The van der Waals surface area contributed by atoms with Gasteiger partial charge in [-0.2, -0.15) is 10.1 Å². The first kappa shape index (κ1) is 15.8. The molecular weight excluding hydrogens is 318 g/mol. The van der Waals surface area contributed by atoms with Crippen molar-refractivity contribution >= 4 is 17.1 Å². The second kappa shape index (κ2) is 6.68. The minimum atomic E-state index is -0.0456. The summed E-state index contributed by atoms with van der Waals surface area (Å²) >= 11 is 0. The Hall–Kier alpha value is -2.67.